The predicted molar refractivity (Wildman–Crippen MR) is 123 cm³/mol. The van der Waals surface area contributed by atoms with E-state index >= 15 is 0 Å². The quantitative estimate of drug-likeness (QED) is 0.659. The molecule has 2 N–H and O–H groups in total. The fourth-order valence-electron chi connectivity index (χ4n) is 4.27. The summed E-state index contributed by atoms with van der Waals surface area (Å²) in [5, 5.41) is 5.40. The van der Waals surface area contributed by atoms with Gasteiger partial charge in [-0.2, -0.15) is 0 Å². The van der Waals surface area contributed by atoms with E-state index in [-0.39, 0.29) is 5.41 Å². The number of hydrogen-bond acceptors (Lipinski definition) is 5. The maximum absolute atomic E-state index is 13.4. The molecule has 1 heterocycles. The molecule has 1 aliphatic rings. The van der Waals surface area contributed by atoms with Crippen molar-refractivity contribution in [3.63, 3.8) is 0 Å². The molecular weight excluding hydrogens is 406 g/mol. The summed E-state index contributed by atoms with van der Waals surface area (Å²) >= 11 is 0. The van der Waals surface area contributed by atoms with Crippen LogP contribution in [0, 0.1) is 11.3 Å². The Hall–Kier alpha value is -2.96. The Morgan fingerprint density at radius 2 is 1.94 bits per heavy atom. The molecule has 3 rings (SSSR count). The zero-order chi connectivity index (χ0) is 23.5. The van der Waals surface area contributed by atoms with E-state index in [2.05, 4.69) is 31.4 Å². The molecule has 0 unspecified atom stereocenters. The van der Waals surface area contributed by atoms with Crippen molar-refractivity contribution in [3.05, 3.63) is 41.1 Å². The fraction of sp³-hybridized carbons (Fsp3) is 0.520. The van der Waals surface area contributed by atoms with Gasteiger partial charge in [0.05, 0.1) is 11.1 Å². The Labute approximate surface area is 189 Å². The highest BCUT2D eigenvalue weighted by Gasteiger charge is 2.35. The number of imide groups is 1. The van der Waals surface area contributed by atoms with Gasteiger partial charge in [-0.15, -0.1) is 0 Å². The molecule has 1 aliphatic carbocycles. The number of aromatic nitrogens is 1. The normalized spacial score (nSPS) is 16.7. The Bertz CT molecular complexity index is 1030. The molecule has 2 atom stereocenters. The third-order valence-corrected chi connectivity index (χ3v) is 6.71. The molecule has 7 nitrogen and oxygen atoms in total. The van der Waals surface area contributed by atoms with Crippen molar-refractivity contribution in [3.8, 4) is 0 Å². The molecule has 0 saturated heterocycles. The van der Waals surface area contributed by atoms with Gasteiger partial charge in [0, 0.05) is 17.6 Å². The minimum absolute atomic E-state index is 0.143. The van der Waals surface area contributed by atoms with Gasteiger partial charge in [-0.3, -0.25) is 15.1 Å². The Morgan fingerprint density at radius 1 is 1.22 bits per heavy atom. The summed E-state index contributed by atoms with van der Waals surface area (Å²) < 4.78 is 5.54. The van der Waals surface area contributed by atoms with Crippen molar-refractivity contribution < 1.29 is 19.1 Å². The molecule has 1 aromatic carbocycles. The second-order valence-electron chi connectivity index (χ2n) is 9.11. The van der Waals surface area contributed by atoms with E-state index in [1.807, 2.05) is 24.3 Å². The van der Waals surface area contributed by atoms with Gasteiger partial charge in [0.1, 0.15) is 0 Å². The number of pyridine rings is 1. The number of hydrogen-bond donors (Lipinski definition) is 2. The van der Waals surface area contributed by atoms with E-state index in [9.17, 15) is 14.4 Å². The fourth-order valence-corrected chi connectivity index (χ4v) is 4.27. The van der Waals surface area contributed by atoms with Gasteiger partial charge in [-0.1, -0.05) is 45.4 Å². The molecule has 2 aromatic rings. The number of carbonyl (C=O) groups is 3. The first-order valence-corrected chi connectivity index (χ1v) is 11.4. The van der Waals surface area contributed by atoms with Crippen molar-refractivity contribution in [2.75, 3.05) is 6.54 Å². The largest absolute Gasteiger partial charge is 0.449 e. The molecule has 0 saturated carbocycles. The van der Waals surface area contributed by atoms with Crippen LogP contribution in [0.25, 0.3) is 10.9 Å². The third-order valence-electron chi connectivity index (χ3n) is 6.71. The van der Waals surface area contributed by atoms with Crippen LogP contribution in [-0.2, 0) is 22.4 Å². The van der Waals surface area contributed by atoms with Crippen LogP contribution in [0.3, 0.4) is 0 Å². The molecule has 0 bridgehead atoms. The first-order valence-electron chi connectivity index (χ1n) is 11.4. The van der Waals surface area contributed by atoms with E-state index in [1.54, 1.807) is 6.92 Å². The summed E-state index contributed by atoms with van der Waals surface area (Å²) in [7, 11) is 0. The summed E-state index contributed by atoms with van der Waals surface area (Å²) in [6.07, 6.45) is 2.52. The lowest BCUT2D eigenvalue weighted by atomic mass is 9.68. The lowest BCUT2D eigenvalue weighted by Gasteiger charge is -2.37. The maximum atomic E-state index is 13.4. The minimum atomic E-state index is -1.11. The van der Waals surface area contributed by atoms with Crippen LogP contribution in [0.5, 0.6) is 0 Å². The summed E-state index contributed by atoms with van der Waals surface area (Å²) in [5.41, 5.74) is 3.22. The van der Waals surface area contributed by atoms with Gasteiger partial charge in [-0.25, -0.2) is 9.59 Å². The molecule has 0 spiro atoms. The lowest BCUT2D eigenvalue weighted by molar-refractivity contribution is -0.127. The van der Waals surface area contributed by atoms with Crippen LogP contribution < -0.4 is 10.6 Å². The molecule has 0 aliphatic heterocycles. The standard InChI is InChI=1S/C25H33N3O4/c1-6-25(4,5)16-12-13-20-18(14-16)21(17-10-8-9-11-19(17)27-20)23(30)32-15(3)22(29)28-24(31)26-7-2/h8-11,15-16H,6-7,12-14H2,1-5H3,(H2,26,28,29,31)/t15-,16+/m0/s1. The van der Waals surface area contributed by atoms with E-state index in [4.69, 9.17) is 9.72 Å². The van der Waals surface area contributed by atoms with Crippen LogP contribution in [0.15, 0.2) is 24.3 Å². The van der Waals surface area contributed by atoms with Crippen LogP contribution in [0.1, 0.15) is 69.1 Å². The minimum Gasteiger partial charge on any atom is -0.449 e. The molecule has 0 radical (unpaired) electrons. The Morgan fingerprint density at radius 3 is 2.62 bits per heavy atom. The number of carbonyl (C=O) groups excluding carboxylic acids is 3. The van der Waals surface area contributed by atoms with Gasteiger partial charge in [0.25, 0.3) is 5.91 Å². The number of benzene rings is 1. The number of para-hydroxylation sites is 1. The average molecular weight is 440 g/mol. The van der Waals surface area contributed by atoms with Crippen molar-refractivity contribution in [1.29, 1.82) is 0 Å². The molecule has 1 aromatic heterocycles. The number of amides is 3. The summed E-state index contributed by atoms with van der Waals surface area (Å²) in [6, 6.07) is 6.91. The van der Waals surface area contributed by atoms with Crippen LogP contribution in [0.2, 0.25) is 0 Å². The highest BCUT2D eigenvalue weighted by molar-refractivity contribution is 6.06. The van der Waals surface area contributed by atoms with E-state index in [0.717, 1.165) is 47.8 Å². The molecule has 3 amide bonds. The summed E-state index contributed by atoms with van der Waals surface area (Å²) in [6.45, 7) is 10.3. The third kappa shape index (κ3) is 4.92. The van der Waals surface area contributed by atoms with Crippen LogP contribution >= 0.6 is 0 Å². The number of nitrogens with one attached hydrogen (secondary N) is 2. The summed E-state index contributed by atoms with van der Waals surface area (Å²) in [5.74, 6) is -0.803. The molecule has 32 heavy (non-hydrogen) atoms. The van der Waals surface area contributed by atoms with Crippen LogP contribution in [-0.4, -0.2) is 35.5 Å². The highest BCUT2D eigenvalue weighted by atomic mass is 16.5. The lowest BCUT2D eigenvalue weighted by Crippen LogP contribution is -2.44. The van der Waals surface area contributed by atoms with Gasteiger partial charge < -0.3 is 10.1 Å². The van der Waals surface area contributed by atoms with Crippen molar-refractivity contribution in [2.24, 2.45) is 11.3 Å². The Balaban J connectivity index is 1.94. The monoisotopic (exact) mass is 439 g/mol. The number of fused-ring (bicyclic) bond motifs is 2. The van der Waals surface area contributed by atoms with Gasteiger partial charge >= 0.3 is 12.0 Å². The van der Waals surface area contributed by atoms with Gasteiger partial charge in [0.15, 0.2) is 6.10 Å². The predicted octanol–water partition coefficient (Wildman–Crippen LogP) is 4.17. The van der Waals surface area contributed by atoms with E-state index < -0.39 is 24.0 Å². The molecule has 172 valence electrons. The molecule has 0 fully saturated rings. The summed E-state index contributed by atoms with van der Waals surface area (Å²) in [4.78, 5) is 42.1. The van der Waals surface area contributed by atoms with E-state index in [1.165, 1.54) is 6.92 Å². The number of aryl methyl sites for hydroxylation is 1. The number of urea groups is 1. The van der Waals surface area contributed by atoms with Gasteiger partial charge in [0.2, 0.25) is 0 Å². The number of ether oxygens (including phenoxy) is 1. The number of esters is 1. The van der Waals surface area contributed by atoms with Crippen molar-refractivity contribution in [2.45, 2.75) is 66.4 Å². The van der Waals surface area contributed by atoms with Crippen molar-refractivity contribution in [1.82, 2.24) is 15.6 Å². The SMILES string of the molecule is CCNC(=O)NC(=O)[C@H](C)OC(=O)c1c2c(nc3ccccc13)CC[C@@H](C(C)(C)CC)C2. The second kappa shape index (κ2) is 9.67. The maximum Gasteiger partial charge on any atom is 0.339 e. The molecular formula is C25H33N3O4. The smallest absolute Gasteiger partial charge is 0.339 e. The number of nitrogens with zero attached hydrogens (tertiary/aromatic N) is 1. The zero-order valence-corrected chi connectivity index (χ0v) is 19.6. The molecule has 7 heteroatoms. The second-order valence-corrected chi connectivity index (χ2v) is 9.11. The van der Waals surface area contributed by atoms with Crippen molar-refractivity contribution >= 4 is 28.8 Å². The zero-order valence-electron chi connectivity index (χ0n) is 19.6. The first kappa shape index (κ1) is 23.7. The topological polar surface area (TPSA) is 97.4 Å². The van der Waals surface area contributed by atoms with Gasteiger partial charge in [-0.05, 0) is 56.1 Å². The highest BCUT2D eigenvalue weighted by Crippen LogP contribution is 2.41. The average Bonchev–Trinajstić information content (AvgIpc) is 2.76. The van der Waals surface area contributed by atoms with E-state index in [0.29, 0.717) is 18.0 Å². The number of rotatable bonds is 6. The van der Waals surface area contributed by atoms with Crippen LogP contribution in [0.4, 0.5) is 4.79 Å². The Kier molecular flexibility index (Phi) is 7.16. The first-order chi connectivity index (χ1) is 15.2.